The van der Waals surface area contributed by atoms with Crippen molar-refractivity contribution in [1.29, 1.82) is 0 Å². The Balaban J connectivity index is 1.85. The van der Waals surface area contributed by atoms with Crippen LogP contribution < -0.4 is 11.1 Å². The fourth-order valence-electron chi connectivity index (χ4n) is 4.11. The molecule has 3 aromatic heterocycles. The number of hydrogen-bond donors (Lipinski definition) is 1. The molecule has 0 aliphatic rings. The van der Waals surface area contributed by atoms with Crippen LogP contribution in [-0.4, -0.2) is 14.1 Å². The molecule has 0 unspecified atom stereocenters. The number of rotatable bonds is 3. The maximum absolute atomic E-state index is 14.5. The maximum atomic E-state index is 14.5. The summed E-state index contributed by atoms with van der Waals surface area (Å²) in [5, 5.41) is 0.516. The van der Waals surface area contributed by atoms with Gasteiger partial charge in [0.15, 0.2) is 11.6 Å². The number of aryl methyl sites for hydroxylation is 2. The summed E-state index contributed by atoms with van der Waals surface area (Å²) >= 11 is 0. The third-order valence-corrected chi connectivity index (χ3v) is 5.81. The number of aromatic amines is 1. The van der Waals surface area contributed by atoms with Gasteiger partial charge < -0.3 is 14.1 Å². The first kappa shape index (κ1) is 20.6. The van der Waals surface area contributed by atoms with Crippen LogP contribution in [0.4, 0.5) is 8.78 Å². The Hall–Kier alpha value is -4.26. The average Bonchev–Trinajstić information content (AvgIpc) is 3.26. The van der Waals surface area contributed by atoms with Gasteiger partial charge in [-0.1, -0.05) is 36.4 Å². The highest BCUT2D eigenvalue weighted by molar-refractivity contribution is 6.00. The van der Waals surface area contributed by atoms with Crippen LogP contribution in [0.5, 0.6) is 0 Å². The molecule has 0 aliphatic carbocycles. The van der Waals surface area contributed by atoms with Crippen LogP contribution in [0, 0.1) is 11.6 Å². The van der Waals surface area contributed by atoms with E-state index in [0.717, 1.165) is 17.2 Å². The smallest absolute Gasteiger partial charge is 0.274 e. The molecule has 3 heterocycles. The largest absolute Gasteiger partial charge is 0.350 e. The molecular weight excluding hydrogens is 424 g/mol. The summed E-state index contributed by atoms with van der Waals surface area (Å²) in [7, 11) is 3.29. The number of aromatic nitrogens is 3. The first-order chi connectivity index (χ1) is 15.8. The van der Waals surface area contributed by atoms with Gasteiger partial charge in [-0.15, -0.1) is 0 Å². The van der Waals surface area contributed by atoms with E-state index in [-0.39, 0.29) is 27.9 Å². The third-order valence-electron chi connectivity index (χ3n) is 5.81. The van der Waals surface area contributed by atoms with Gasteiger partial charge in [-0.05, 0) is 29.3 Å². The van der Waals surface area contributed by atoms with Crippen molar-refractivity contribution >= 4 is 10.9 Å². The van der Waals surface area contributed by atoms with Crippen molar-refractivity contribution in [3.05, 3.63) is 105 Å². The zero-order chi connectivity index (χ0) is 23.3. The molecule has 0 atom stereocenters. The van der Waals surface area contributed by atoms with E-state index in [0.29, 0.717) is 16.5 Å². The van der Waals surface area contributed by atoms with Crippen molar-refractivity contribution in [2.24, 2.45) is 14.1 Å². The van der Waals surface area contributed by atoms with Crippen molar-refractivity contribution in [1.82, 2.24) is 14.1 Å². The number of halogens is 2. The lowest BCUT2D eigenvalue weighted by Gasteiger charge is -2.14. The Morgan fingerprint density at radius 1 is 0.758 bits per heavy atom. The molecule has 2 aromatic carbocycles. The molecular formula is C26H19F2N3O2. The number of benzene rings is 2. The minimum absolute atomic E-state index is 0.0199. The second-order valence-corrected chi connectivity index (χ2v) is 7.95. The number of hydrogen-bond acceptors (Lipinski definition) is 2. The summed E-state index contributed by atoms with van der Waals surface area (Å²) in [5.74, 6) is -1.97. The minimum Gasteiger partial charge on any atom is -0.350 e. The standard InChI is InChI=1S/C26H19F2N3O2/c1-30-13-19(15-7-4-3-5-8-15)17(12-23(30)32)20-14-31(2)26(33)25-18(20)11-22(29-25)16-9-6-10-21(27)24(16)28/h3-14,29H,1-2H3. The quantitative estimate of drug-likeness (QED) is 0.434. The zero-order valence-electron chi connectivity index (χ0n) is 17.9. The third kappa shape index (κ3) is 3.38. The van der Waals surface area contributed by atoms with Crippen LogP contribution in [0.3, 0.4) is 0 Å². The normalized spacial score (nSPS) is 11.3. The Kier molecular flexibility index (Phi) is 4.82. The van der Waals surface area contributed by atoms with E-state index in [1.54, 1.807) is 32.6 Å². The lowest BCUT2D eigenvalue weighted by Crippen LogP contribution is -2.18. The highest BCUT2D eigenvalue weighted by Crippen LogP contribution is 2.36. The highest BCUT2D eigenvalue weighted by Gasteiger charge is 2.19. The predicted octanol–water partition coefficient (Wildman–Crippen LogP) is 4.84. The molecule has 0 saturated carbocycles. The molecule has 1 N–H and O–H groups in total. The molecule has 164 valence electrons. The summed E-state index contributed by atoms with van der Waals surface area (Å²) in [6.45, 7) is 0. The fourth-order valence-corrected chi connectivity index (χ4v) is 4.11. The minimum atomic E-state index is -0.999. The molecule has 0 aliphatic heterocycles. The van der Waals surface area contributed by atoms with Gasteiger partial charge in [-0.25, -0.2) is 8.78 Å². The molecule has 33 heavy (non-hydrogen) atoms. The molecule has 0 fully saturated rings. The van der Waals surface area contributed by atoms with E-state index in [2.05, 4.69) is 4.98 Å². The maximum Gasteiger partial charge on any atom is 0.274 e. The van der Waals surface area contributed by atoms with Gasteiger partial charge >= 0.3 is 0 Å². The van der Waals surface area contributed by atoms with Crippen LogP contribution in [0.15, 0.2) is 82.6 Å². The zero-order valence-corrected chi connectivity index (χ0v) is 17.9. The molecule has 5 aromatic rings. The summed E-state index contributed by atoms with van der Waals surface area (Å²) in [6.07, 6.45) is 3.41. The Morgan fingerprint density at radius 2 is 1.48 bits per heavy atom. The molecule has 0 bridgehead atoms. The van der Waals surface area contributed by atoms with Gasteiger partial charge in [0, 0.05) is 60.3 Å². The number of fused-ring (bicyclic) bond motifs is 1. The SMILES string of the molecule is Cn1cc(-c2ccccc2)c(-c2cn(C)c(=O)c3[nH]c(-c4cccc(F)c4F)cc23)cc1=O. The first-order valence-electron chi connectivity index (χ1n) is 10.3. The Bertz CT molecular complexity index is 1650. The highest BCUT2D eigenvalue weighted by atomic mass is 19.2. The van der Waals surface area contributed by atoms with Crippen molar-refractivity contribution in [3.8, 4) is 33.5 Å². The van der Waals surface area contributed by atoms with E-state index in [4.69, 9.17) is 0 Å². The van der Waals surface area contributed by atoms with Gasteiger partial charge in [-0.3, -0.25) is 9.59 Å². The van der Waals surface area contributed by atoms with Crippen LogP contribution in [-0.2, 0) is 14.1 Å². The number of nitrogens with zero attached hydrogens (tertiary/aromatic N) is 2. The van der Waals surface area contributed by atoms with E-state index >= 15 is 0 Å². The molecule has 0 saturated heterocycles. The topological polar surface area (TPSA) is 59.8 Å². The van der Waals surface area contributed by atoms with E-state index in [1.165, 1.54) is 27.3 Å². The fraction of sp³-hybridized carbons (Fsp3) is 0.0769. The van der Waals surface area contributed by atoms with Gasteiger partial charge in [0.25, 0.3) is 11.1 Å². The lowest BCUT2D eigenvalue weighted by atomic mass is 9.95. The van der Waals surface area contributed by atoms with Crippen molar-refractivity contribution < 1.29 is 8.78 Å². The van der Waals surface area contributed by atoms with Crippen LogP contribution in [0.25, 0.3) is 44.4 Å². The molecule has 0 amide bonds. The van der Waals surface area contributed by atoms with E-state index in [9.17, 15) is 18.4 Å². The van der Waals surface area contributed by atoms with Crippen molar-refractivity contribution in [2.75, 3.05) is 0 Å². The summed E-state index contributed by atoms with van der Waals surface area (Å²) in [5.41, 5.74) is 2.98. The molecule has 0 radical (unpaired) electrons. The monoisotopic (exact) mass is 443 g/mol. The lowest BCUT2D eigenvalue weighted by molar-refractivity contribution is 0.511. The van der Waals surface area contributed by atoms with Crippen molar-refractivity contribution in [3.63, 3.8) is 0 Å². The van der Waals surface area contributed by atoms with Gasteiger partial charge in [0.2, 0.25) is 0 Å². The van der Waals surface area contributed by atoms with Crippen LogP contribution in [0.1, 0.15) is 0 Å². The van der Waals surface area contributed by atoms with Crippen LogP contribution in [0.2, 0.25) is 0 Å². The van der Waals surface area contributed by atoms with Crippen LogP contribution >= 0.6 is 0 Å². The average molecular weight is 443 g/mol. The Labute approximate surface area is 187 Å². The first-order valence-corrected chi connectivity index (χ1v) is 10.3. The van der Waals surface area contributed by atoms with E-state index < -0.39 is 11.6 Å². The van der Waals surface area contributed by atoms with Crippen molar-refractivity contribution in [2.45, 2.75) is 0 Å². The van der Waals surface area contributed by atoms with Gasteiger partial charge in [-0.2, -0.15) is 0 Å². The summed E-state index contributed by atoms with van der Waals surface area (Å²) in [6, 6.07) is 16.6. The Morgan fingerprint density at radius 3 is 2.24 bits per heavy atom. The van der Waals surface area contributed by atoms with E-state index in [1.807, 2.05) is 30.3 Å². The second-order valence-electron chi connectivity index (χ2n) is 7.95. The van der Waals surface area contributed by atoms with Gasteiger partial charge in [0.1, 0.15) is 5.52 Å². The summed E-state index contributed by atoms with van der Waals surface area (Å²) in [4.78, 5) is 28.4. The molecule has 7 heteroatoms. The molecule has 0 spiro atoms. The number of H-pyrrole nitrogens is 1. The summed E-state index contributed by atoms with van der Waals surface area (Å²) < 4.78 is 31.2. The number of pyridine rings is 2. The second kappa shape index (κ2) is 7.70. The molecule has 5 rings (SSSR count). The van der Waals surface area contributed by atoms with Gasteiger partial charge in [0.05, 0.1) is 0 Å². The predicted molar refractivity (Wildman–Crippen MR) is 125 cm³/mol. The number of nitrogens with one attached hydrogen (secondary N) is 1. The molecule has 5 nitrogen and oxygen atoms in total.